The Morgan fingerprint density at radius 3 is 2.68 bits per heavy atom. The number of hydrogen-bond donors (Lipinski definition) is 1. The third-order valence-electron chi connectivity index (χ3n) is 3.31. The summed E-state index contributed by atoms with van der Waals surface area (Å²) in [5, 5.41) is 3.38. The lowest BCUT2D eigenvalue weighted by Crippen LogP contribution is -2.16. The standard InChI is InChI=1S/C16H26BrNO/c1-4-18-11-10-13(3)6-7-14-8-9-15(19-5-2)12-16(14)17/h8-9,12-13,18H,4-7,10-11H2,1-3H3. The molecule has 0 saturated carbocycles. The Morgan fingerprint density at radius 1 is 1.26 bits per heavy atom. The highest BCUT2D eigenvalue weighted by molar-refractivity contribution is 9.10. The van der Waals surface area contributed by atoms with Gasteiger partial charge in [0.25, 0.3) is 0 Å². The molecule has 0 bridgehead atoms. The maximum Gasteiger partial charge on any atom is 0.120 e. The average Bonchev–Trinajstić information content (AvgIpc) is 2.38. The Morgan fingerprint density at radius 2 is 2.05 bits per heavy atom. The predicted molar refractivity (Wildman–Crippen MR) is 86.0 cm³/mol. The molecule has 1 rings (SSSR count). The summed E-state index contributed by atoms with van der Waals surface area (Å²) in [5.74, 6) is 1.70. The molecule has 0 aliphatic carbocycles. The lowest BCUT2D eigenvalue weighted by molar-refractivity contribution is 0.340. The van der Waals surface area contributed by atoms with Crippen LogP contribution in [0.5, 0.6) is 5.75 Å². The van der Waals surface area contributed by atoms with E-state index in [1.54, 1.807) is 0 Å². The molecule has 108 valence electrons. The first-order valence-electron chi connectivity index (χ1n) is 7.29. The fourth-order valence-electron chi connectivity index (χ4n) is 2.06. The number of halogens is 1. The molecular formula is C16H26BrNO. The second kappa shape index (κ2) is 9.38. The van der Waals surface area contributed by atoms with Crippen molar-refractivity contribution in [2.75, 3.05) is 19.7 Å². The topological polar surface area (TPSA) is 21.3 Å². The number of nitrogens with one attached hydrogen (secondary N) is 1. The van der Waals surface area contributed by atoms with Gasteiger partial charge in [0.2, 0.25) is 0 Å². The molecule has 0 aliphatic rings. The smallest absolute Gasteiger partial charge is 0.120 e. The van der Waals surface area contributed by atoms with Crippen LogP contribution < -0.4 is 10.1 Å². The highest BCUT2D eigenvalue weighted by atomic mass is 79.9. The molecule has 0 aromatic heterocycles. The molecule has 0 spiro atoms. The van der Waals surface area contributed by atoms with Crippen LogP contribution in [-0.2, 0) is 6.42 Å². The molecule has 19 heavy (non-hydrogen) atoms. The molecule has 3 heteroatoms. The largest absolute Gasteiger partial charge is 0.494 e. The van der Waals surface area contributed by atoms with Gasteiger partial charge in [0.15, 0.2) is 0 Å². The van der Waals surface area contributed by atoms with Crippen LogP contribution in [0.15, 0.2) is 22.7 Å². The third-order valence-corrected chi connectivity index (χ3v) is 4.04. The van der Waals surface area contributed by atoms with Crippen LogP contribution in [0.3, 0.4) is 0 Å². The third kappa shape index (κ3) is 6.44. The van der Waals surface area contributed by atoms with E-state index in [2.05, 4.69) is 53.3 Å². The first-order chi connectivity index (χ1) is 9.17. The molecule has 1 aromatic rings. The normalized spacial score (nSPS) is 12.4. The van der Waals surface area contributed by atoms with Gasteiger partial charge >= 0.3 is 0 Å². The molecule has 0 saturated heterocycles. The molecule has 2 nitrogen and oxygen atoms in total. The lowest BCUT2D eigenvalue weighted by atomic mass is 9.98. The van der Waals surface area contributed by atoms with Gasteiger partial charge < -0.3 is 10.1 Å². The summed E-state index contributed by atoms with van der Waals surface area (Å²) >= 11 is 3.64. The second-order valence-electron chi connectivity index (χ2n) is 4.97. The SMILES string of the molecule is CCNCCC(C)CCc1ccc(OCC)cc1Br. The summed E-state index contributed by atoms with van der Waals surface area (Å²) < 4.78 is 6.66. The Balaban J connectivity index is 2.40. The number of hydrogen-bond acceptors (Lipinski definition) is 2. The highest BCUT2D eigenvalue weighted by Crippen LogP contribution is 2.25. The monoisotopic (exact) mass is 327 g/mol. The van der Waals surface area contributed by atoms with Crippen molar-refractivity contribution in [2.45, 2.75) is 40.0 Å². The van der Waals surface area contributed by atoms with Gasteiger partial charge in [-0.1, -0.05) is 35.8 Å². The maximum atomic E-state index is 5.49. The van der Waals surface area contributed by atoms with Crippen LogP contribution in [0, 0.1) is 5.92 Å². The minimum atomic E-state index is 0.716. The molecule has 1 N–H and O–H groups in total. The zero-order valence-electron chi connectivity index (χ0n) is 12.3. The number of ether oxygens (including phenoxy) is 1. The van der Waals surface area contributed by atoms with E-state index in [1.807, 2.05) is 6.92 Å². The van der Waals surface area contributed by atoms with E-state index in [0.29, 0.717) is 6.61 Å². The van der Waals surface area contributed by atoms with Crippen molar-refractivity contribution >= 4 is 15.9 Å². The summed E-state index contributed by atoms with van der Waals surface area (Å²) in [6.07, 6.45) is 3.61. The van der Waals surface area contributed by atoms with Gasteiger partial charge in [-0.3, -0.25) is 0 Å². The molecule has 0 heterocycles. The Kier molecular flexibility index (Phi) is 8.15. The summed E-state index contributed by atoms with van der Waals surface area (Å²) in [6.45, 7) is 9.40. The van der Waals surface area contributed by atoms with Gasteiger partial charge in [0.1, 0.15) is 5.75 Å². The minimum Gasteiger partial charge on any atom is -0.494 e. The summed E-state index contributed by atoms with van der Waals surface area (Å²) in [7, 11) is 0. The van der Waals surface area contributed by atoms with Gasteiger partial charge in [-0.05, 0) is 62.9 Å². The number of aryl methyl sites for hydroxylation is 1. The summed E-state index contributed by atoms with van der Waals surface area (Å²) in [5.41, 5.74) is 1.37. The minimum absolute atomic E-state index is 0.716. The van der Waals surface area contributed by atoms with Crippen molar-refractivity contribution in [3.05, 3.63) is 28.2 Å². The van der Waals surface area contributed by atoms with Gasteiger partial charge in [-0.25, -0.2) is 0 Å². The molecule has 0 amide bonds. The summed E-state index contributed by atoms with van der Waals surface area (Å²) in [6, 6.07) is 6.31. The second-order valence-corrected chi connectivity index (χ2v) is 5.83. The average molecular weight is 328 g/mol. The molecule has 0 aliphatic heterocycles. The van der Waals surface area contributed by atoms with Gasteiger partial charge in [-0.2, -0.15) is 0 Å². The molecule has 1 atom stereocenters. The number of benzene rings is 1. The van der Waals surface area contributed by atoms with E-state index in [9.17, 15) is 0 Å². The van der Waals surface area contributed by atoms with Crippen LogP contribution in [0.1, 0.15) is 39.2 Å². The molecular weight excluding hydrogens is 302 g/mol. The molecule has 0 radical (unpaired) electrons. The molecule has 0 fully saturated rings. The van der Waals surface area contributed by atoms with Crippen LogP contribution >= 0.6 is 15.9 Å². The van der Waals surface area contributed by atoms with Gasteiger partial charge in [0.05, 0.1) is 6.61 Å². The Bertz CT molecular complexity index is 368. The lowest BCUT2D eigenvalue weighted by Gasteiger charge is -2.13. The van der Waals surface area contributed by atoms with Crippen LogP contribution in [0.25, 0.3) is 0 Å². The summed E-state index contributed by atoms with van der Waals surface area (Å²) in [4.78, 5) is 0. The first-order valence-corrected chi connectivity index (χ1v) is 8.08. The van der Waals surface area contributed by atoms with Crippen molar-refractivity contribution in [1.82, 2.24) is 5.32 Å². The van der Waals surface area contributed by atoms with E-state index in [0.717, 1.165) is 35.7 Å². The Hall–Kier alpha value is -0.540. The van der Waals surface area contributed by atoms with Crippen molar-refractivity contribution in [1.29, 1.82) is 0 Å². The molecule has 1 unspecified atom stereocenters. The predicted octanol–water partition coefficient (Wildman–Crippen LogP) is 4.42. The van der Waals surface area contributed by atoms with Gasteiger partial charge in [0, 0.05) is 4.47 Å². The number of rotatable bonds is 9. The van der Waals surface area contributed by atoms with E-state index >= 15 is 0 Å². The van der Waals surface area contributed by atoms with E-state index in [-0.39, 0.29) is 0 Å². The zero-order chi connectivity index (χ0) is 14.1. The van der Waals surface area contributed by atoms with E-state index in [4.69, 9.17) is 4.74 Å². The molecule has 1 aromatic carbocycles. The Labute approximate surface area is 126 Å². The fraction of sp³-hybridized carbons (Fsp3) is 0.625. The van der Waals surface area contributed by atoms with Crippen molar-refractivity contribution in [3.8, 4) is 5.75 Å². The van der Waals surface area contributed by atoms with Crippen molar-refractivity contribution in [3.63, 3.8) is 0 Å². The van der Waals surface area contributed by atoms with E-state index < -0.39 is 0 Å². The highest BCUT2D eigenvalue weighted by Gasteiger charge is 2.06. The van der Waals surface area contributed by atoms with Gasteiger partial charge in [-0.15, -0.1) is 0 Å². The van der Waals surface area contributed by atoms with Crippen LogP contribution in [0.4, 0.5) is 0 Å². The van der Waals surface area contributed by atoms with Crippen molar-refractivity contribution in [2.24, 2.45) is 5.92 Å². The quantitative estimate of drug-likeness (QED) is 0.678. The first kappa shape index (κ1) is 16.5. The van der Waals surface area contributed by atoms with Crippen LogP contribution in [0.2, 0.25) is 0 Å². The maximum absolute atomic E-state index is 5.49. The van der Waals surface area contributed by atoms with Crippen LogP contribution in [-0.4, -0.2) is 19.7 Å². The zero-order valence-corrected chi connectivity index (χ0v) is 13.9. The fourth-order valence-corrected chi connectivity index (χ4v) is 2.61. The van der Waals surface area contributed by atoms with E-state index in [1.165, 1.54) is 18.4 Å². The van der Waals surface area contributed by atoms with Crippen molar-refractivity contribution < 1.29 is 4.74 Å².